The largest absolute Gasteiger partial charge is 0.385 e. The van der Waals surface area contributed by atoms with Gasteiger partial charge in [0.15, 0.2) is 0 Å². The molecule has 0 aliphatic heterocycles. The molecule has 0 amide bonds. The van der Waals surface area contributed by atoms with Crippen LogP contribution in [0.2, 0.25) is 0 Å². The van der Waals surface area contributed by atoms with Gasteiger partial charge in [-0.15, -0.1) is 0 Å². The fourth-order valence-electron chi connectivity index (χ4n) is 1.36. The van der Waals surface area contributed by atoms with E-state index in [-0.39, 0.29) is 0 Å². The van der Waals surface area contributed by atoms with E-state index in [0.717, 1.165) is 13.0 Å². The van der Waals surface area contributed by atoms with Crippen molar-refractivity contribution in [3.8, 4) is 0 Å². The van der Waals surface area contributed by atoms with Gasteiger partial charge in [-0.1, -0.05) is 0 Å². The number of rotatable bonds is 10. The zero-order chi connectivity index (χ0) is 12.4. The first-order valence-corrected chi connectivity index (χ1v) is 7.36. The van der Waals surface area contributed by atoms with Crippen molar-refractivity contribution in [2.45, 2.75) is 20.3 Å². The van der Waals surface area contributed by atoms with Crippen LogP contribution in [0.5, 0.6) is 0 Å². The van der Waals surface area contributed by atoms with E-state index in [1.165, 1.54) is 0 Å². The molecule has 0 bridgehead atoms. The van der Waals surface area contributed by atoms with E-state index in [4.69, 9.17) is 13.8 Å². The first kappa shape index (κ1) is 16.1. The Balaban J connectivity index is 4.02. The van der Waals surface area contributed by atoms with Crippen molar-refractivity contribution in [1.29, 1.82) is 0 Å². The topological polar surface area (TPSA) is 48.0 Å². The number of nitrogens with zero attached hydrogens (tertiary/aromatic N) is 1. The summed E-state index contributed by atoms with van der Waals surface area (Å²) in [4.78, 5) is 1.95. The highest BCUT2D eigenvalue weighted by Gasteiger charge is 2.25. The van der Waals surface area contributed by atoms with Gasteiger partial charge in [0.2, 0.25) is 0 Å². The molecular formula is C10H24NO4P. The van der Waals surface area contributed by atoms with Gasteiger partial charge in [0.1, 0.15) is 6.29 Å². The average Bonchev–Trinajstić information content (AvgIpc) is 2.18. The minimum atomic E-state index is -2.94. The fourth-order valence-corrected chi connectivity index (χ4v) is 3.11. The monoisotopic (exact) mass is 253 g/mol. The second-order valence-electron chi connectivity index (χ2n) is 3.51. The smallest absolute Gasteiger partial charge is 0.344 e. The second kappa shape index (κ2) is 9.14. The lowest BCUT2D eigenvalue weighted by atomic mass is 10.4. The minimum Gasteiger partial charge on any atom is -0.385 e. The quantitative estimate of drug-likeness (QED) is 0.441. The Bertz CT molecular complexity index is 203. The molecule has 16 heavy (non-hydrogen) atoms. The Labute approximate surface area is 98.6 Å². The fraction of sp³-hybridized carbons (Fsp3) is 1.00. The molecule has 0 atom stereocenters. The summed E-state index contributed by atoms with van der Waals surface area (Å²) in [5.41, 5.74) is 0. The van der Waals surface area contributed by atoms with Gasteiger partial charge in [-0.3, -0.25) is 9.46 Å². The zero-order valence-electron chi connectivity index (χ0n) is 10.8. The van der Waals surface area contributed by atoms with E-state index in [0.29, 0.717) is 26.1 Å². The molecule has 0 rings (SSSR count). The highest BCUT2D eigenvalue weighted by atomic mass is 31.2. The molecule has 0 spiro atoms. The van der Waals surface area contributed by atoms with E-state index in [1.54, 1.807) is 7.11 Å². The van der Waals surface area contributed by atoms with Gasteiger partial charge >= 0.3 is 7.60 Å². The molecule has 0 aliphatic carbocycles. The molecular weight excluding hydrogens is 229 g/mol. The van der Waals surface area contributed by atoms with E-state index in [9.17, 15) is 4.57 Å². The minimum absolute atomic E-state index is 0.332. The average molecular weight is 253 g/mol. The van der Waals surface area contributed by atoms with Gasteiger partial charge < -0.3 is 13.8 Å². The lowest BCUT2D eigenvalue weighted by Crippen LogP contribution is -2.23. The van der Waals surface area contributed by atoms with Crippen molar-refractivity contribution in [3.05, 3.63) is 0 Å². The summed E-state index contributed by atoms with van der Waals surface area (Å²) in [7, 11) is 0.636. The molecule has 0 unspecified atom stereocenters. The van der Waals surface area contributed by atoms with Crippen LogP contribution in [-0.2, 0) is 18.3 Å². The highest BCUT2D eigenvalue weighted by molar-refractivity contribution is 7.53. The van der Waals surface area contributed by atoms with Crippen molar-refractivity contribution in [3.63, 3.8) is 0 Å². The first-order valence-electron chi connectivity index (χ1n) is 5.63. The van der Waals surface area contributed by atoms with Crippen LogP contribution in [0.3, 0.4) is 0 Å². The molecule has 0 aromatic carbocycles. The first-order chi connectivity index (χ1) is 7.58. The van der Waals surface area contributed by atoms with Crippen LogP contribution < -0.4 is 0 Å². The van der Waals surface area contributed by atoms with E-state index >= 15 is 0 Å². The van der Waals surface area contributed by atoms with Gasteiger partial charge in [-0.25, -0.2) is 0 Å². The summed E-state index contributed by atoms with van der Waals surface area (Å²) in [6.07, 6.45) is 1.24. The third-order valence-corrected chi connectivity index (χ3v) is 4.09. The molecule has 0 heterocycles. The summed E-state index contributed by atoms with van der Waals surface area (Å²) >= 11 is 0. The van der Waals surface area contributed by atoms with Crippen LogP contribution in [0.4, 0.5) is 0 Å². The third-order valence-electron chi connectivity index (χ3n) is 1.95. The Morgan fingerprint density at radius 2 is 1.75 bits per heavy atom. The SMILES string of the molecule is CCOP(=O)(CN(C)CCCOC)OCC. The lowest BCUT2D eigenvalue weighted by Gasteiger charge is -2.23. The summed E-state index contributed by atoms with van der Waals surface area (Å²) < 4.78 is 27.5. The molecule has 0 N–H and O–H groups in total. The normalized spacial score (nSPS) is 12.3. The van der Waals surface area contributed by atoms with E-state index < -0.39 is 7.60 Å². The number of methoxy groups -OCH3 is 1. The second-order valence-corrected chi connectivity index (χ2v) is 5.53. The van der Waals surface area contributed by atoms with Crippen molar-refractivity contribution in [2.75, 3.05) is 46.8 Å². The predicted octanol–water partition coefficient (Wildman–Crippen LogP) is 2.18. The molecule has 0 aliphatic rings. The summed E-state index contributed by atoms with van der Waals surface area (Å²) in [5.74, 6) is 0. The molecule has 0 aromatic heterocycles. The molecule has 0 saturated carbocycles. The standard InChI is InChI=1S/C10H24NO4P/c1-5-14-16(12,15-6-2)10-11(3)8-7-9-13-4/h5-10H2,1-4H3. The maximum absolute atomic E-state index is 12.1. The molecule has 0 fully saturated rings. The Kier molecular flexibility index (Phi) is 9.18. The Morgan fingerprint density at radius 1 is 1.19 bits per heavy atom. The van der Waals surface area contributed by atoms with E-state index in [1.807, 2.05) is 25.8 Å². The number of hydrogen-bond donors (Lipinski definition) is 0. The van der Waals surface area contributed by atoms with Gasteiger partial charge in [-0.2, -0.15) is 0 Å². The summed E-state index contributed by atoms with van der Waals surface area (Å²) in [6, 6.07) is 0. The van der Waals surface area contributed by atoms with Gasteiger partial charge in [0.25, 0.3) is 0 Å². The highest BCUT2D eigenvalue weighted by Crippen LogP contribution is 2.48. The maximum Gasteiger partial charge on any atom is 0.344 e. The molecule has 5 nitrogen and oxygen atoms in total. The van der Waals surface area contributed by atoms with Crippen molar-refractivity contribution in [2.24, 2.45) is 0 Å². The zero-order valence-corrected chi connectivity index (χ0v) is 11.7. The van der Waals surface area contributed by atoms with Crippen LogP contribution >= 0.6 is 7.60 Å². The van der Waals surface area contributed by atoms with Gasteiger partial charge in [-0.05, 0) is 27.3 Å². The molecule has 0 aromatic rings. The van der Waals surface area contributed by atoms with E-state index in [2.05, 4.69) is 0 Å². The van der Waals surface area contributed by atoms with Gasteiger partial charge in [0, 0.05) is 20.3 Å². The summed E-state index contributed by atoms with van der Waals surface area (Å²) in [5, 5.41) is 0. The number of hydrogen-bond acceptors (Lipinski definition) is 5. The third kappa shape index (κ3) is 7.36. The Morgan fingerprint density at radius 3 is 2.19 bits per heavy atom. The van der Waals surface area contributed by atoms with Crippen LogP contribution in [-0.4, -0.2) is 51.7 Å². The van der Waals surface area contributed by atoms with Crippen molar-refractivity contribution < 1.29 is 18.3 Å². The predicted molar refractivity (Wildman–Crippen MR) is 64.8 cm³/mol. The number of ether oxygens (including phenoxy) is 1. The molecule has 6 heteroatoms. The lowest BCUT2D eigenvalue weighted by molar-refractivity contribution is 0.174. The van der Waals surface area contributed by atoms with Crippen molar-refractivity contribution in [1.82, 2.24) is 4.90 Å². The Hall–Kier alpha value is 0.0700. The van der Waals surface area contributed by atoms with Crippen molar-refractivity contribution >= 4 is 7.60 Å². The van der Waals surface area contributed by atoms with Crippen LogP contribution in [0.25, 0.3) is 0 Å². The van der Waals surface area contributed by atoms with Gasteiger partial charge in [0.05, 0.1) is 13.2 Å². The van der Waals surface area contributed by atoms with Crippen LogP contribution in [0.1, 0.15) is 20.3 Å². The summed E-state index contributed by atoms with van der Waals surface area (Å²) in [6.45, 7) is 5.97. The molecule has 98 valence electrons. The maximum atomic E-state index is 12.1. The molecule has 0 saturated heterocycles. The molecule has 0 radical (unpaired) electrons. The van der Waals surface area contributed by atoms with Crippen LogP contribution in [0, 0.1) is 0 Å². The van der Waals surface area contributed by atoms with Crippen LogP contribution in [0.15, 0.2) is 0 Å².